The quantitative estimate of drug-likeness (QED) is 0.733. The summed E-state index contributed by atoms with van der Waals surface area (Å²) in [6.45, 7) is 2.16. The summed E-state index contributed by atoms with van der Waals surface area (Å²) < 4.78 is 5.60. The van der Waals surface area contributed by atoms with Gasteiger partial charge in [0.1, 0.15) is 6.61 Å². The third kappa shape index (κ3) is 3.79. The zero-order valence-electron chi connectivity index (χ0n) is 16.2. The number of amides is 1. The van der Waals surface area contributed by atoms with Gasteiger partial charge in [-0.2, -0.15) is 0 Å². The average molecular weight is 378 g/mol. The summed E-state index contributed by atoms with van der Waals surface area (Å²) in [5.74, 6) is 0.121. The molecule has 2 unspecified atom stereocenters. The van der Waals surface area contributed by atoms with Gasteiger partial charge in [-0.15, -0.1) is 0 Å². The van der Waals surface area contributed by atoms with Crippen molar-refractivity contribution in [3.8, 4) is 0 Å². The van der Waals surface area contributed by atoms with Crippen LogP contribution in [0.3, 0.4) is 0 Å². The van der Waals surface area contributed by atoms with Crippen molar-refractivity contribution in [2.45, 2.75) is 57.7 Å². The number of ketones is 1. The highest BCUT2D eigenvalue weighted by molar-refractivity contribution is 5.99. The van der Waals surface area contributed by atoms with E-state index >= 15 is 0 Å². The van der Waals surface area contributed by atoms with Crippen LogP contribution in [-0.4, -0.2) is 33.8 Å². The Bertz CT molecular complexity index is 838. The van der Waals surface area contributed by atoms with Crippen LogP contribution in [0.15, 0.2) is 48.7 Å². The van der Waals surface area contributed by atoms with Crippen molar-refractivity contribution >= 4 is 11.9 Å². The second-order valence-corrected chi connectivity index (χ2v) is 7.85. The zero-order chi connectivity index (χ0) is 19.5. The molecule has 2 atom stereocenters. The highest BCUT2D eigenvalue weighted by Crippen LogP contribution is 2.39. The number of piperidine rings is 2. The molecule has 2 fully saturated rings. The number of hydrogen-bond donors (Lipinski definition) is 0. The van der Waals surface area contributed by atoms with Gasteiger partial charge in [0.05, 0.1) is 0 Å². The first-order chi connectivity index (χ1) is 13.6. The number of ether oxygens (including phenoxy) is 1. The maximum atomic E-state index is 13.1. The molecular formula is C23H26N2O3. The molecular weight excluding hydrogens is 352 g/mol. The summed E-state index contributed by atoms with van der Waals surface area (Å²) in [4.78, 5) is 32.0. The van der Waals surface area contributed by atoms with Crippen LogP contribution in [0.5, 0.6) is 0 Å². The summed E-state index contributed by atoms with van der Waals surface area (Å²) in [7, 11) is 0. The topological polar surface area (TPSA) is 59.5 Å². The van der Waals surface area contributed by atoms with Crippen LogP contribution in [0.1, 0.15) is 53.7 Å². The van der Waals surface area contributed by atoms with Gasteiger partial charge in [-0.1, -0.05) is 30.3 Å². The first-order valence-electron chi connectivity index (χ1n) is 10.1. The number of aromatic nitrogens is 1. The summed E-state index contributed by atoms with van der Waals surface area (Å²) in [5.41, 5.74) is 2.48. The molecule has 1 amide bonds. The van der Waals surface area contributed by atoms with E-state index in [0.717, 1.165) is 30.5 Å². The standard InChI is InChI=1S/C23H26N2O3/c1-16-21(11-6-12-24-16)22(26)18-13-19-9-5-10-20(14-18)25(19)23(27)28-15-17-7-3-2-4-8-17/h2-4,6-8,11-12,18-20H,5,9-10,13-15H2,1H3. The van der Waals surface area contributed by atoms with Crippen molar-refractivity contribution in [2.75, 3.05) is 0 Å². The van der Waals surface area contributed by atoms with Crippen molar-refractivity contribution in [1.82, 2.24) is 9.88 Å². The van der Waals surface area contributed by atoms with E-state index in [1.165, 1.54) is 0 Å². The monoisotopic (exact) mass is 378 g/mol. The molecule has 0 radical (unpaired) electrons. The van der Waals surface area contributed by atoms with Crippen LogP contribution in [0.2, 0.25) is 0 Å². The normalized spacial score (nSPS) is 23.9. The van der Waals surface area contributed by atoms with Crippen molar-refractivity contribution in [2.24, 2.45) is 5.92 Å². The van der Waals surface area contributed by atoms with Crippen LogP contribution in [0.4, 0.5) is 4.79 Å². The number of fused-ring (bicyclic) bond motifs is 2. The fourth-order valence-corrected chi connectivity index (χ4v) is 4.65. The maximum absolute atomic E-state index is 13.1. The molecule has 0 aliphatic carbocycles. The molecule has 1 aromatic carbocycles. The number of hydrogen-bond acceptors (Lipinski definition) is 4. The predicted molar refractivity (Wildman–Crippen MR) is 106 cm³/mol. The summed E-state index contributed by atoms with van der Waals surface area (Å²) in [6, 6.07) is 13.6. The van der Waals surface area contributed by atoms with Gasteiger partial charge in [-0.3, -0.25) is 9.78 Å². The van der Waals surface area contributed by atoms with Crippen molar-refractivity contribution in [1.29, 1.82) is 0 Å². The minimum atomic E-state index is -0.248. The van der Waals surface area contributed by atoms with Gasteiger partial charge in [-0.25, -0.2) is 4.79 Å². The van der Waals surface area contributed by atoms with Gasteiger partial charge in [-0.05, 0) is 56.7 Å². The van der Waals surface area contributed by atoms with Gasteiger partial charge in [0, 0.05) is 35.5 Å². The minimum Gasteiger partial charge on any atom is -0.445 e. The van der Waals surface area contributed by atoms with Gasteiger partial charge in [0.25, 0.3) is 0 Å². The lowest BCUT2D eigenvalue weighted by atomic mass is 9.75. The molecule has 5 nitrogen and oxygen atoms in total. The number of carbonyl (C=O) groups excluding carboxylic acids is 2. The van der Waals surface area contributed by atoms with Crippen LogP contribution < -0.4 is 0 Å². The van der Waals surface area contributed by atoms with Crippen LogP contribution in [-0.2, 0) is 11.3 Å². The van der Waals surface area contributed by atoms with Crippen LogP contribution >= 0.6 is 0 Å². The number of Topliss-reactive ketones (excluding diaryl/α,β-unsaturated/α-hetero) is 1. The molecule has 3 heterocycles. The molecule has 2 saturated heterocycles. The minimum absolute atomic E-state index is 0.0450. The Kier molecular flexibility index (Phi) is 5.42. The number of rotatable bonds is 4. The fourth-order valence-electron chi connectivity index (χ4n) is 4.65. The predicted octanol–water partition coefficient (Wildman–Crippen LogP) is 4.54. The number of pyridine rings is 1. The van der Waals surface area contributed by atoms with Gasteiger partial charge in [0.2, 0.25) is 0 Å². The van der Waals surface area contributed by atoms with E-state index in [1.807, 2.05) is 54.3 Å². The number of carbonyl (C=O) groups is 2. The second kappa shape index (κ2) is 8.13. The van der Waals surface area contributed by atoms with Gasteiger partial charge >= 0.3 is 6.09 Å². The lowest BCUT2D eigenvalue weighted by Gasteiger charge is -2.47. The molecule has 2 aromatic rings. The smallest absolute Gasteiger partial charge is 0.410 e. The molecule has 146 valence electrons. The van der Waals surface area contributed by atoms with E-state index < -0.39 is 0 Å². The third-order valence-electron chi connectivity index (χ3n) is 6.03. The summed E-state index contributed by atoms with van der Waals surface area (Å²) >= 11 is 0. The highest BCUT2D eigenvalue weighted by Gasteiger charge is 2.43. The fraction of sp³-hybridized carbons (Fsp3) is 0.435. The zero-order valence-corrected chi connectivity index (χ0v) is 16.2. The Morgan fingerprint density at radius 2 is 1.79 bits per heavy atom. The number of aryl methyl sites for hydroxylation is 1. The van der Waals surface area contributed by atoms with Crippen LogP contribution in [0.25, 0.3) is 0 Å². The van der Waals surface area contributed by atoms with E-state index in [9.17, 15) is 9.59 Å². The molecule has 0 saturated carbocycles. The van der Waals surface area contributed by atoms with E-state index in [0.29, 0.717) is 18.4 Å². The van der Waals surface area contributed by atoms with Crippen LogP contribution in [0, 0.1) is 12.8 Å². The van der Waals surface area contributed by atoms with E-state index in [4.69, 9.17) is 4.74 Å². The highest BCUT2D eigenvalue weighted by atomic mass is 16.6. The SMILES string of the molecule is Cc1ncccc1C(=O)C1CC2CCCC(C1)N2C(=O)OCc1ccccc1. The Labute approximate surface area is 165 Å². The Morgan fingerprint density at radius 1 is 1.07 bits per heavy atom. The van der Waals surface area contributed by atoms with Crippen molar-refractivity contribution in [3.05, 3.63) is 65.5 Å². The molecule has 2 aliphatic rings. The molecule has 2 bridgehead atoms. The van der Waals surface area contributed by atoms with E-state index in [-0.39, 0.29) is 36.5 Å². The molecule has 0 spiro atoms. The summed E-state index contributed by atoms with van der Waals surface area (Å²) in [5, 5.41) is 0. The molecule has 5 heteroatoms. The second-order valence-electron chi connectivity index (χ2n) is 7.85. The molecule has 0 N–H and O–H groups in total. The molecule has 28 heavy (non-hydrogen) atoms. The lowest BCUT2D eigenvalue weighted by Crippen LogP contribution is -2.55. The first kappa shape index (κ1) is 18.7. The Morgan fingerprint density at radius 3 is 2.46 bits per heavy atom. The van der Waals surface area contributed by atoms with Gasteiger partial charge < -0.3 is 9.64 Å². The molecule has 4 rings (SSSR count). The van der Waals surface area contributed by atoms with E-state index in [1.54, 1.807) is 6.20 Å². The first-order valence-corrected chi connectivity index (χ1v) is 10.1. The molecule has 1 aromatic heterocycles. The third-order valence-corrected chi connectivity index (χ3v) is 6.03. The largest absolute Gasteiger partial charge is 0.445 e. The number of benzene rings is 1. The van der Waals surface area contributed by atoms with E-state index in [2.05, 4.69) is 4.98 Å². The number of nitrogens with zero attached hydrogens (tertiary/aromatic N) is 2. The Balaban J connectivity index is 1.44. The maximum Gasteiger partial charge on any atom is 0.410 e. The van der Waals surface area contributed by atoms with Gasteiger partial charge in [0.15, 0.2) is 5.78 Å². The summed E-state index contributed by atoms with van der Waals surface area (Å²) in [6.07, 6.45) is 5.87. The lowest BCUT2D eigenvalue weighted by molar-refractivity contribution is 0.00470. The molecule has 2 aliphatic heterocycles. The Hall–Kier alpha value is -2.69. The van der Waals surface area contributed by atoms with Crippen molar-refractivity contribution in [3.63, 3.8) is 0 Å². The average Bonchev–Trinajstić information content (AvgIpc) is 2.71. The van der Waals surface area contributed by atoms with Crippen molar-refractivity contribution < 1.29 is 14.3 Å².